The Labute approximate surface area is 169 Å². The van der Waals surface area contributed by atoms with Crippen LogP contribution in [-0.2, 0) is 18.4 Å². The fourth-order valence-corrected chi connectivity index (χ4v) is 2.37. The third-order valence-electron chi connectivity index (χ3n) is 3.49. The van der Waals surface area contributed by atoms with Gasteiger partial charge in [-0.15, -0.1) is 0 Å². The molecule has 1 aromatic heterocycles. The van der Waals surface area contributed by atoms with Gasteiger partial charge in [-0.1, -0.05) is 6.07 Å². The average Bonchev–Trinajstić information content (AvgIpc) is 2.94. The van der Waals surface area contributed by atoms with E-state index in [0.29, 0.717) is 23.7 Å². The van der Waals surface area contributed by atoms with E-state index in [0.717, 1.165) is 5.56 Å². The van der Waals surface area contributed by atoms with E-state index in [1.807, 2.05) is 32.0 Å². The Morgan fingerprint density at radius 3 is 2.56 bits per heavy atom. The Balaban J connectivity index is 0.00000312. The van der Waals surface area contributed by atoms with E-state index in [9.17, 15) is 9.90 Å². The number of carboxylic acids is 1. The van der Waals surface area contributed by atoms with Crippen molar-refractivity contribution in [3.63, 3.8) is 0 Å². The van der Waals surface area contributed by atoms with E-state index in [1.165, 1.54) is 4.68 Å². The van der Waals surface area contributed by atoms with Gasteiger partial charge in [0.1, 0.15) is 0 Å². The van der Waals surface area contributed by atoms with Crippen LogP contribution in [0.4, 0.5) is 0 Å². The standard InChI is InChI=1S/C17H23N3O4.Na/c1-11(2)24-14-6-5-12(9-15(14)23-4)10-18-16(17(21)22)13-7-8-19-20(13)3;/h5-9,11,16,18H,10H2,1-4H3,(H,21,22);/q;+1/p-1. The van der Waals surface area contributed by atoms with Gasteiger partial charge in [0.05, 0.1) is 30.9 Å². The van der Waals surface area contributed by atoms with Crippen LogP contribution in [0, 0.1) is 0 Å². The van der Waals surface area contributed by atoms with Gasteiger partial charge in [0.25, 0.3) is 0 Å². The van der Waals surface area contributed by atoms with Crippen LogP contribution < -0.4 is 49.5 Å². The Kier molecular flexibility index (Phi) is 8.44. The summed E-state index contributed by atoms with van der Waals surface area (Å²) in [5, 5.41) is 18.4. The zero-order chi connectivity index (χ0) is 17.7. The van der Waals surface area contributed by atoms with E-state index >= 15 is 0 Å². The molecule has 0 aliphatic rings. The number of aliphatic carboxylic acids is 1. The summed E-state index contributed by atoms with van der Waals surface area (Å²) in [5.41, 5.74) is 1.40. The zero-order valence-electron chi connectivity index (χ0n) is 15.3. The molecule has 130 valence electrons. The summed E-state index contributed by atoms with van der Waals surface area (Å²) in [5.74, 6) is 0.0539. The first-order valence-corrected chi connectivity index (χ1v) is 7.68. The summed E-state index contributed by atoms with van der Waals surface area (Å²) in [6, 6.07) is 6.19. The molecule has 0 saturated heterocycles. The second-order valence-electron chi connectivity index (χ2n) is 5.66. The molecule has 25 heavy (non-hydrogen) atoms. The molecule has 0 aliphatic carbocycles. The minimum atomic E-state index is -1.20. The SMILES string of the molecule is COc1cc(CNC(C(=O)[O-])c2ccnn2C)ccc1OC(C)C.[Na+]. The van der Waals surface area contributed by atoms with E-state index in [-0.39, 0.29) is 35.7 Å². The second kappa shape index (κ2) is 9.82. The van der Waals surface area contributed by atoms with Crippen LogP contribution >= 0.6 is 0 Å². The number of hydrogen-bond donors (Lipinski definition) is 1. The smallest absolute Gasteiger partial charge is 0.548 e. The minimum absolute atomic E-state index is 0. The molecule has 2 aromatic rings. The third-order valence-corrected chi connectivity index (χ3v) is 3.49. The van der Waals surface area contributed by atoms with E-state index in [4.69, 9.17) is 9.47 Å². The van der Waals surface area contributed by atoms with Crippen LogP contribution in [0.15, 0.2) is 30.5 Å². The molecular formula is C17H22N3NaO4. The summed E-state index contributed by atoms with van der Waals surface area (Å²) >= 11 is 0. The minimum Gasteiger partial charge on any atom is -0.548 e. The van der Waals surface area contributed by atoms with Crippen LogP contribution in [0.3, 0.4) is 0 Å². The Morgan fingerprint density at radius 1 is 1.32 bits per heavy atom. The number of benzene rings is 1. The molecule has 0 aliphatic heterocycles. The van der Waals surface area contributed by atoms with Gasteiger partial charge >= 0.3 is 29.6 Å². The molecule has 0 spiro atoms. The molecule has 1 N–H and O–H groups in total. The molecule has 7 nitrogen and oxygen atoms in total. The van der Waals surface area contributed by atoms with Crippen LogP contribution in [0.2, 0.25) is 0 Å². The molecule has 0 bridgehead atoms. The first kappa shape index (κ1) is 21.5. The predicted octanol–water partition coefficient (Wildman–Crippen LogP) is -2.20. The van der Waals surface area contributed by atoms with Crippen molar-refractivity contribution >= 4 is 5.97 Å². The number of nitrogens with one attached hydrogen (secondary N) is 1. The molecule has 0 fully saturated rings. The third kappa shape index (κ3) is 5.74. The number of carbonyl (C=O) groups is 1. The topological polar surface area (TPSA) is 88.4 Å². The summed E-state index contributed by atoms with van der Waals surface area (Å²) in [6.07, 6.45) is 1.59. The van der Waals surface area contributed by atoms with E-state index in [2.05, 4.69) is 10.4 Å². The maximum atomic E-state index is 11.4. The largest absolute Gasteiger partial charge is 1.00 e. The molecule has 1 atom stereocenters. The number of carboxylic acid groups (broad SMARTS) is 1. The van der Waals surface area contributed by atoms with Gasteiger partial charge in [-0.3, -0.25) is 10.00 Å². The number of hydrogen-bond acceptors (Lipinski definition) is 6. The van der Waals surface area contributed by atoms with Crippen LogP contribution in [0.5, 0.6) is 11.5 Å². The second-order valence-corrected chi connectivity index (χ2v) is 5.66. The summed E-state index contributed by atoms with van der Waals surface area (Å²) in [6.45, 7) is 4.21. The van der Waals surface area contributed by atoms with Crippen molar-refractivity contribution in [1.82, 2.24) is 15.1 Å². The molecule has 1 aromatic carbocycles. The molecular weight excluding hydrogens is 333 g/mol. The molecule has 8 heteroatoms. The van der Waals surface area contributed by atoms with Gasteiger partial charge in [0.15, 0.2) is 11.5 Å². The van der Waals surface area contributed by atoms with Crippen molar-refractivity contribution in [1.29, 1.82) is 0 Å². The fourth-order valence-electron chi connectivity index (χ4n) is 2.37. The number of carbonyl (C=O) groups excluding carboxylic acids is 1. The molecule has 2 rings (SSSR count). The van der Waals surface area contributed by atoms with Crippen molar-refractivity contribution in [2.75, 3.05) is 7.11 Å². The molecule has 0 amide bonds. The molecule has 1 unspecified atom stereocenters. The Morgan fingerprint density at radius 2 is 2.04 bits per heavy atom. The Bertz CT molecular complexity index is 703. The maximum Gasteiger partial charge on any atom is 1.00 e. The average molecular weight is 355 g/mol. The number of nitrogens with zero attached hydrogens (tertiary/aromatic N) is 2. The monoisotopic (exact) mass is 355 g/mol. The molecule has 0 saturated carbocycles. The van der Waals surface area contributed by atoms with Crippen molar-refractivity contribution in [2.45, 2.75) is 32.5 Å². The van der Waals surface area contributed by atoms with Gasteiger partial charge in [-0.25, -0.2) is 0 Å². The van der Waals surface area contributed by atoms with E-state index in [1.54, 1.807) is 26.4 Å². The first-order chi connectivity index (χ1) is 11.4. The van der Waals surface area contributed by atoms with Gasteiger partial charge in [0.2, 0.25) is 0 Å². The number of ether oxygens (including phenoxy) is 2. The fraction of sp³-hybridized carbons (Fsp3) is 0.412. The van der Waals surface area contributed by atoms with Crippen LogP contribution in [0.1, 0.15) is 31.1 Å². The van der Waals surface area contributed by atoms with Crippen molar-refractivity contribution in [3.05, 3.63) is 41.7 Å². The van der Waals surface area contributed by atoms with Crippen molar-refractivity contribution < 1.29 is 48.9 Å². The van der Waals surface area contributed by atoms with Crippen molar-refractivity contribution in [2.24, 2.45) is 7.05 Å². The van der Waals surface area contributed by atoms with Crippen LogP contribution in [0.25, 0.3) is 0 Å². The summed E-state index contributed by atoms with van der Waals surface area (Å²) in [4.78, 5) is 11.4. The first-order valence-electron chi connectivity index (χ1n) is 7.68. The number of methoxy groups -OCH3 is 1. The number of rotatable bonds is 8. The van der Waals surface area contributed by atoms with Gasteiger partial charge in [-0.2, -0.15) is 5.10 Å². The molecule has 1 heterocycles. The quantitative estimate of drug-likeness (QED) is 0.541. The zero-order valence-corrected chi connectivity index (χ0v) is 17.3. The van der Waals surface area contributed by atoms with Gasteiger partial charge in [0, 0.05) is 19.8 Å². The predicted molar refractivity (Wildman–Crippen MR) is 86.6 cm³/mol. The summed E-state index contributed by atoms with van der Waals surface area (Å²) in [7, 11) is 3.26. The van der Waals surface area contributed by atoms with E-state index < -0.39 is 12.0 Å². The molecule has 0 radical (unpaired) electrons. The number of aryl methyl sites for hydroxylation is 1. The van der Waals surface area contributed by atoms with Gasteiger partial charge < -0.3 is 19.4 Å². The number of aromatic nitrogens is 2. The van der Waals surface area contributed by atoms with Gasteiger partial charge in [-0.05, 0) is 37.6 Å². The maximum absolute atomic E-state index is 11.4. The normalized spacial score (nSPS) is 11.7. The van der Waals surface area contributed by atoms with Crippen LogP contribution in [-0.4, -0.2) is 29.0 Å². The summed E-state index contributed by atoms with van der Waals surface area (Å²) < 4.78 is 12.5. The van der Waals surface area contributed by atoms with Crippen molar-refractivity contribution in [3.8, 4) is 11.5 Å². The Hall–Kier alpha value is -1.54.